The molecule has 0 amide bonds. The zero-order valence-corrected chi connectivity index (χ0v) is 11.7. The molecule has 0 saturated heterocycles. The third kappa shape index (κ3) is 2.58. The van der Waals surface area contributed by atoms with E-state index in [1.54, 1.807) is 6.07 Å². The van der Waals surface area contributed by atoms with Crippen molar-refractivity contribution in [1.82, 2.24) is 4.73 Å². The number of rotatable bonds is 2. The largest absolute Gasteiger partial charge is 0.425 e. The van der Waals surface area contributed by atoms with Gasteiger partial charge in [-0.25, -0.2) is 0 Å². The van der Waals surface area contributed by atoms with Crippen LogP contribution in [0.2, 0.25) is 0 Å². The molecule has 2 aromatic carbocycles. The van der Waals surface area contributed by atoms with E-state index < -0.39 is 5.56 Å². The van der Waals surface area contributed by atoms with Gasteiger partial charge in [-0.05, 0) is 35.7 Å². The maximum Gasteiger partial charge on any atom is 0.283 e. The zero-order chi connectivity index (χ0) is 14.8. The third-order valence-electron chi connectivity index (χ3n) is 3.42. The Hall–Kier alpha value is -2.81. The minimum atomic E-state index is -0.421. The van der Waals surface area contributed by atoms with Crippen LogP contribution in [0.5, 0.6) is 0 Å². The molecule has 0 bridgehead atoms. The second-order valence-electron chi connectivity index (χ2n) is 5.01. The molecule has 3 nitrogen and oxygen atoms in total. The summed E-state index contributed by atoms with van der Waals surface area (Å²) < 4.78 is 0.692. The molecule has 3 rings (SSSR count). The Balaban J connectivity index is 2.15. The van der Waals surface area contributed by atoms with Crippen LogP contribution in [-0.2, 0) is 0 Å². The number of aryl methyl sites for hydroxylation is 1. The number of hydrogen-bond donors (Lipinski definition) is 1. The number of benzene rings is 2. The summed E-state index contributed by atoms with van der Waals surface area (Å²) in [7, 11) is 0. The highest BCUT2D eigenvalue weighted by Crippen LogP contribution is 2.25. The third-order valence-corrected chi connectivity index (χ3v) is 3.42. The van der Waals surface area contributed by atoms with Gasteiger partial charge in [0, 0.05) is 11.6 Å². The van der Waals surface area contributed by atoms with Crippen molar-refractivity contribution in [3.63, 3.8) is 0 Å². The van der Waals surface area contributed by atoms with Crippen molar-refractivity contribution < 1.29 is 5.21 Å². The minimum absolute atomic E-state index is 0.421. The quantitative estimate of drug-likeness (QED) is 0.725. The Kier molecular flexibility index (Phi) is 3.32. The van der Waals surface area contributed by atoms with Crippen LogP contribution in [-0.4, -0.2) is 9.94 Å². The lowest BCUT2D eigenvalue weighted by atomic mass is 10.0. The van der Waals surface area contributed by atoms with Crippen LogP contribution in [0.15, 0.2) is 71.5 Å². The van der Waals surface area contributed by atoms with E-state index in [1.165, 1.54) is 6.07 Å². The van der Waals surface area contributed by atoms with Gasteiger partial charge >= 0.3 is 0 Å². The van der Waals surface area contributed by atoms with Crippen LogP contribution in [0.4, 0.5) is 0 Å². The summed E-state index contributed by atoms with van der Waals surface area (Å²) >= 11 is 0. The highest BCUT2D eigenvalue weighted by molar-refractivity contribution is 5.71. The topological polar surface area (TPSA) is 42.2 Å². The molecule has 0 aliphatic heterocycles. The first kappa shape index (κ1) is 13.2. The van der Waals surface area contributed by atoms with Gasteiger partial charge in [0.05, 0.1) is 5.69 Å². The molecular formula is C18H15NO2. The molecule has 0 radical (unpaired) electrons. The fourth-order valence-corrected chi connectivity index (χ4v) is 2.39. The van der Waals surface area contributed by atoms with Gasteiger partial charge in [0.1, 0.15) is 0 Å². The minimum Gasteiger partial charge on any atom is -0.425 e. The SMILES string of the molecule is Cc1cc(-c2cccc(-c3ccccc3)c2)n(O)c(=O)c1. The lowest BCUT2D eigenvalue weighted by molar-refractivity contribution is 0.179. The van der Waals surface area contributed by atoms with Crippen molar-refractivity contribution in [1.29, 1.82) is 0 Å². The highest BCUT2D eigenvalue weighted by atomic mass is 16.5. The van der Waals surface area contributed by atoms with Crippen LogP contribution in [0.25, 0.3) is 22.4 Å². The Bertz CT molecular complexity index is 835. The summed E-state index contributed by atoms with van der Waals surface area (Å²) in [4.78, 5) is 11.7. The average Bonchev–Trinajstić information content (AvgIpc) is 2.52. The van der Waals surface area contributed by atoms with Crippen LogP contribution in [0.3, 0.4) is 0 Å². The summed E-state index contributed by atoms with van der Waals surface area (Å²) in [5, 5.41) is 9.94. The Morgan fingerprint density at radius 1 is 0.810 bits per heavy atom. The Labute approximate surface area is 122 Å². The van der Waals surface area contributed by atoms with Gasteiger partial charge < -0.3 is 5.21 Å². The van der Waals surface area contributed by atoms with Crippen molar-refractivity contribution in [3.8, 4) is 22.4 Å². The predicted molar refractivity (Wildman–Crippen MR) is 83.5 cm³/mol. The van der Waals surface area contributed by atoms with Gasteiger partial charge in [-0.15, -0.1) is 4.73 Å². The van der Waals surface area contributed by atoms with E-state index >= 15 is 0 Å². The number of nitrogens with zero attached hydrogens (tertiary/aromatic N) is 1. The number of pyridine rings is 1. The van der Waals surface area contributed by atoms with Gasteiger partial charge in [-0.3, -0.25) is 4.79 Å². The van der Waals surface area contributed by atoms with Gasteiger partial charge in [0.15, 0.2) is 0 Å². The summed E-state index contributed by atoms with van der Waals surface area (Å²) in [6.07, 6.45) is 0. The first-order chi connectivity index (χ1) is 10.1. The van der Waals surface area contributed by atoms with Crippen LogP contribution >= 0.6 is 0 Å². The lowest BCUT2D eigenvalue weighted by Crippen LogP contribution is -2.18. The molecule has 21 heavy (non-hydrogen) atoms. The van der Waals surface area contributed by atoms with Crippen molar-refractivity contribution in [2.75, 3.05) is 0 Å². The van der Waals surface area contributed by atoms with E-state index in [-0.39, 0.29) is 0 Å². The first-order valence-electron chi connectivity index (χ1n) is 6.74. The van der Waals surface area contributed by atoms with E-state index in [9.17, 15) is 10.0 Å². The molecular weight excluding hydrogens is 262 g/mol. The summed E-state index contributed by atoms with van der Waals surface area (Å²) in [6.45, 7) is 1.84. The molecule has 1 heterocycles. The van der Waals surface area contributed by atoms with E-state index in [0.717, 1.165) is 22.3 Å². The molecule has 0 aliphatic rings. The monoisotopic (exact) mass is 277 g/mol. The van der Waals surface area contributed by atoms with Crippen molar-refractivity contribution in [2.45, 2.75) is 6.92 Å². The maximum atomic E-state index is 11.7. The molecule has 104 valence electrons. The molecule has 3 aromatic rings. The molecule has 0 aliphatic carbocycles. The fourth-order valence-electron chi connectivity index (χ4n) is 2.39. The van der Waals surface area contributed by atoms with Crippen molar-refractivity contribution in [3.05, 3.63) is 82.6 Å². The fraction of sp³-hybridized carbons (Fsp3) is 0.0556. The van der Waals surface area contributed by atoms with Gasteiger partial charge in [0.25, 0.3) is 5.56 Å². The first-order valence-corrected chi connectivity index (χ1v) is 6.74. The van der Waals surface area contributed by atoms with Crippen molar-refractivity contribution in [2.24, 2.45) is 0 Å². The molecule has 3 heteroatoms. The van der Waals surface area contributed by atoms with Gasteiger partial charge in [-0.1, -0.05) is 48.5 Å². The molecule has 0 spiro atoms. The summed E-state index contributed by atoms with van der Waals surface area (Å²) in [5.41, 5.74) is 3.85. The van der Waals surface area contributed by atoms with Gasteiger partial charge in [-0.2, -0.15) is 0 Å². The van der Waals surface area contributed by atoms with Crippen LogP contribution < -0.4 is 5.56 Å². The normalized spacial score (nSPS) is 10.5. The summed E-state index contributed by atoms with van der Waals surface area (Å²) in [6, 6.07) is 21.0. The predicted octanol–water partition coefficient (Wildman–Crippen LogP) is 3.73. The smallest absolute Gasteiger partial charge is 0.283 e. The second kappa shape index (κ2) is 5.29. The molecule has 0 unspecified atom stereocenters. The average molecular weight is 277 g/mol. The highest BCUT2D eigenvalue weighted by Gasteiger charge is 2.08. The zero-order valence-electron chi connectivity index (χ0n) is 11.7. The maximum absolute atomic E-state index is 11.7. The van der Waals surface area contributed by atoms with E-state index in [0.29, 0.717) is 10.4 Å². The summed E-state index contributed by atoms with van der Waals surface area (Å²) in [5.74, 6) is 0. The molecule has 0 saturated carbocycles. The standard InChI is InChI=1S/C18H15NO2/c1-13-10-17(19(21)18(20)11-13)16-9-5-8-15(12-16)14-6-3-2-4-7-14/h2-12,21H,1H3. The lowest BCUT2D eigenvalue weighted by Gasteiger charge is -2.09. The van der Waals surface area contributed by atoms with E-state index in [4.69, 9.17) is 0 Å². The van der Waals surface area contributed by atoms with Crippen LogP contribution in [0, 0.1) is 6.92 Å². The molecule has 0 atom stereocenters. The van der Waals surface area contributed by atoms with E-state index in [1.807, 2.05) is 61.5 Å². The van der Waals surface area contributed by atoms with E-state index in [2.05, 4.69) is 0 Å². The Morgan fingerprint density at radius 3 is 2.24 bits per heavy atom. The van der Waals surface area contributed by atoms with Crippen LogP contribution in [0.1, 0.15) is 5.56 Å². The molecule has 1 N–H and O–H groups in total. The Morgan fingerprint density at radius 2 is 1.48 bits per heavy atom. The van der Waals surface area contributed by atoms with Crippen molar-refractivity contribution >= 4 is 0 Å². The van der Waals surface area contributed by atoms with Gasteiger partial charge in [0.2, 0.25) is 0 Å². The number of aromatic nitrogens is 1. The molecule has 1 aromatic heterocycles. The second-order valence-corrected chi connectivity index (χ2v) is 5.01. The number of hydrogen-bond acceptors (Lipinski definition) is 2. The molecule has 0 fully saturated rings.